The molecule has 3 heteroatoms. The third kappa shape index (κ3) is 2.31. The number of hydrogen-bond donors (Lipinski definition) is 0. The van der Waals surface area contributed by atoms with Crippen LogP contribution in [0.5, 0.6) is 0 Å². The van der Waals surface area contributed by atoms with Gasteiger partial charge in [-0.3, -0.25) is 4.79 Å². The Balaban J connectivity index is 2.86. The summed E-state index contributed by atoms with van der Waals surface area (Å²) < 4.78 is 0. The van der Waals surface area contributed by atoms with E-state index in [0.29, 0.717) is 5.92 Å². The van der Waals surface area contributed by atoms with Crippen LogP contribution < -0.4 is 0 Å². The molecule has 0 radical (unpaired) electrons. The Bertz CT molecular complexity index is 302. The van der Waals surface area contributed by atoms with Crippen LogP contribution in [-0.4, -0.2) is 24.9 Å². The van der Waals surface area contributed by atoms with Gasteiger partial charge in [0.05, 0.1) is 5.56 Å². The summed E-state index contributed by atoms with van der Waals surface area (Å²) in [6.07, 6.45) is 0. The summed E-state index contributed by atoms with van der Waals surface area (Å²) in [5.74, 6) is 0.594. The van der Waals surface area contributed by atoms with Gasteiger partial charge in [-0.25, -0.2) is 0 Å². The number of thiophene rings is 1. The summed E-state index contributed by atoms with van der Waals surface area (Å²) in [5, 5.41) is 1.93. The highest BCUT2D eigenvalue weighted by Gasteiger charge is 2.11. The van der Waals surface area contributed by atoms with Gasteiger partial charge in [0.15, 0.2) is 0 Å². The minimum atomic E-state index is 0.0863. The van der Waals surface area contributed by atoms with Gasteiger partial charge in [0.2, 0.25) is 0 Å². The van der Waals surface area contributed by atoms with Crippen molar-refractivity contribution in [1.29, 1.82) is 0 Å². The number of carbonyl (C=O) groups is 1. The van der Waals surface area contributed by atoms with Crippen molar-refractivity contribution in [2.45, 2.75) is 19.8 Å². The molecule has 0 fully saturated rings. The van der Waals surface area contributed by atoms with E-state index in [4.69, 9.17) is 0 Å². The van der Waals surface area contributed by atoms with E-state index in [1.807, 2.05) is 11.4 Å². The first-order valence-electron chi connectivity index (χ1n) is 4.32. The molecule has 0 aliphatic heterocycles. The van der Waals surface area contributed by atoms with Crippen molar-refractivity contribution < 1.29 is 4.79 Å². The summed E-state index contributed by atoms with van der Waals surface area (Å²) in [7, 11) is 3.55. The van der Waals surface area contributed by atoms with Crippen molar-refractivity contribution in [3.8, 4) is 0 Å². The predicted octanol–water partition coefficient (Wildman–Crippen LogP) is 2.57. The SMILES string of the molecule is CC(C)c1cc(C(=O)N(C)C)cs1. The molecule has 0 N–H and O–H groups in total. The maximum absolute atomic E-state index is 11.5. The molecule has 2 nitrogen and oxygen atoms in total. The topological polar surface area (TPSA) is 20.3 Å². The Labute approximate surface area is 83.2 Å². The zero-order chi connectivity index (χ0) is 10.0. The first-order valence-corrected chi connectivity index (χ1v) is 5.20. The van der Waals surface area contributed by atoms with Crippen LogP contribution in [-0.2, 0) is 0 Å². The van der Waals surface area contributed by atoms with Crippen molar-refractivity contribution in [2.24, 2.45) is 0 Å². The normalized spacial score (nSPS) is 10.5. The number of amides is 1. The second-order valence-corrected chi connectivity index (χ2v) is 4.53. The molecule has 0 saturated heterocycles. The Morgan fingerprint density at radius 2 is 2.08 bits per heavy atom. The number of hydrogen-bond acceptors (Lipinski definition) is 2. The zero-order valence-electron chi connectivity index (χ0n) is 8.50. The van der Waals surface area contributed by atoms with E-state index in [1.54, 1.807) is 30.3 Å². The Morgan fingerprint density at radius 1 is 1.46 bits per heavy atom. The van der Waals surface area contributed by atoms with E-state index < -0.39 is 0 Å². The molecule has 0 aliphatic carbocycles. The van der Waals surface area contributed by atoms with Crippen LogP contribution in [0.3, 0.4) is 0 Å². The van der Waals surface area contributed by atoms with Crippen LogP contribution in [0.25, 0.3) is 0 Å². The summed E-state index contributed by atoms with van der Waals surface area (Å²) in [4.78, 5) is 14.4. The van der Waals surface area contributed by atoms with Gasteiger partial charge in [0.25, 0.3) is 5.91 Å². The molecule has 1 rings (SSSR count). The van der Waals surface area contributed by atoms with Crippen LogP contribution in [0.4, 0.5) is 0 Å². The van der Waals surface area contributed by atoms with E-state index in [2.05, 4.69) is 13.8 Å². The predicted molar refractivity (Wildman–Crippen MR) is 56.4 cm³/mol. The monoisotopic (exact) mass is 197 g/mol. The van der Waals surface area contributed by atoms with Crippen LogP contribution >= 0.6 is 11.3 Å². The molecule has 1 aromatic rings. The van der Waals surface area contributed by atoms with Gasteiger partial charge < -0.3 is 4.90 Å². The van der Waals surface area contributed by atoms with Crippen molar-refractivity contribution in [3.05, 3.63) is 21.9 Å². The average Bonchev–Trinajstić information content (AvgIpc) is 2.50. The molecule has 1 aromatic heterocycles. The molecule has 1 heterocycles. The van der Waals surface area contributed by atoms with Gasteiger partial charge in [0.1, 0.15) is 0 Å². The average molecular weight is 197 g/mol. The lowest BCUT2D eigenvalue weighted by Crippen LogP contribution is -2.20. The van der Waals surface area contributed by atoms with E-state index in [0.717, 1.165) is 5.56 Å². The molecular weight excluding hydrogens is 182 g/mol. The summed E-state index contributed by atoms with van der Waals surface area (Å²) in [5.41, 5.74) is 0.804. The molecule has 0 saturated carbocycles. The van der Waals surface area contributed by atoms with Crippen LogP contribution in [0.15, 0.2) is 11.4 Å². The lowest BCUT2D eigenvalue weighted by atomic mass is 10.1. The molecule has 0 atom stereocenters. The largest absolute Gasteiger partial charge is 0.345 e. The standard InChI is InChI=1S/C10H15NOS/c1-7(2)9-5-8(6-13-9)10(12)11(3)4/h5-7H,1-4H3. The fourth-order valence-corrected chi connectivity index (χ4v) is 1.93. The van der Waals surface area contributed by atoms with Gasteiger partial charge in [-0.1, -0.05) is 13.8 Å². The Morgan fingerprint density at radius 3 is 2.46 bits per heavy atom. The molecule has 0 spiro atoms. The molecule has 1 amide bonds. The van der Waals surface area contributed by atoms with Crippen LogP contribution in [0.2, 0.25) is 0 Å². The van der Waals surface area contributed by atoms with Gasteiger partial charge in [-0.2, -0.15) is 0 Å². The molecule has 0 aliphatic rings. The molecule has 0 unspecified atom stereocenters. The van der Waals surface area contributed by atoms with E-state index >= 15 is 0 Å². The van der Waals surface area contributed by atoms with Gasteiger partial charge in [0, 0.05) is 24.4 Å². The van der Waals surface area contributed by atoms with Gasteiger partial charge in [-0.15, -0.1) is 11.3 Å². The third-order valence-corrected chi connectivity index (χ3v) is 3.08. The molecule has 13 heavy (non-hydrogen) atoms. The molecular formula is C10H15NOS. The number of rotatable bonds is 2. The lowest BCUT2D eigenvalue weighted by molar-refractivity contribution is 0.0828. The summed E-state index contributed by atoms with van der Waals surface area (Å²) >= 11 is 1.66. The lowest BCUT2D eigenvalue weighted by Gasteiger charge is -2.07. The second-order valence-electron chi connectivity index (χ2n) is 3.59. The minimum Gasteiger partial charge on any atom is -0.345 e. The van der Waals surface area contributed by atoms with Gasteiger partial charge in [-0.05, 0) is 12.0 Å². The summed E-state index contributed by atoms with van der Waals surface area (Å²) in [6, 6.07) is 1.98. The van der Waals surface area contributed by atoms with E-state index in [-0.39, 0.29) is 5.91 Å². The maximum atomic E-state index is 11.5. The van der Waals surface area contributed by atoms with Crippen molar-refractivity contribution in [2.75, 3.05) is 14.1 Å². The highest BCUT2D eigenvalue weighted by molar-refractivity contribution is 7.10. The molecule has 0 bridgehead atoms. The second kappa shape index (κ2) is 3.92. The molecule has 0 aromatic carbocycles. The highest BCUT2D eigenvalue weighted by atomic mass is 32.1. The maximum Gasteiger partial charge on any atom is 0.254 e. The van der Waals surface area contributed by atoms with Crippen LogP contribution in [0, 0.1) is 0 Å². The Kier molecular flexibility index (Phi) is 3.09. The third-order valence-electron chi connectivity index (χ3n) is 1.84. The van der Waals surface area contributed by atoms with E-state index in [1.165, 1.54) is 4.88 Å². The number of nitrogens with zero attached hydrogens (tertiary/aromatic N) is 1. The van der Waals surface area contributed by atoms with Gasteiger partial charge >= 0.3 is 0 Å². The van der Waals surface area contributed by atoms with Crippen LogP contribution in [0.1, 0.15) is 35.0 Å². The minimum absolute atomic E-state index is 0.0863. The first kappa shape index (κ1) is 10.3. The van der Waals surface area contributed by atoms with Crippen molar-refractivity contribution in [1.82, 2.24) is 4.90 Å². The van der Waals surface area contributed by atoms with Crippen molar-refractivity contribution in [3.63, 3.8) is 0 Å². The van der Waals surface area contributed by atoms with Crippen molar-refractivity contribution >= 4 is 17.2 Å². The fourth-order valence-electron chi connectivity index (χ4n) is 1.03. The quantitative estimate of drug-likeness (QED) is 0.713. The first-order chi connectivity index (χ1) is 6.02. The Hall–Kier alpha value is -0.830. The number of carbonyl (C=O) groups excluding carboxylic acids is 1. The highest BCUT2D eigenvalue weighted by Crippen LogP contribution is 2.23. The fraction of sp³-hybridized carbons (Fsp3) is 0.500. The smallest absolute Gasteiger partial charge is 0.254 e. The summed E-state index contributed by atoms with van der Waals surface area (Å²) in [6.45, 7) is 4.27. The zero-order valence-corrected chi connectivity index (χ0v) is 9.31. The van der Waals surface area contributed by atoms with E-state index in [9.17, 15) is 4.79 Å². The molecule has 72 valence electrons.